The van der Waals surface area contributed by atoms with Crippen molar-refractivity contribution in [2.45, 2.75) is 38.7 Å². The second kappa shape index (κ2) is 13.1. The monoisotopic (exact) mass is 475 g/mol. The van der Waals surface area contributed by atoms with Crippen LogP contribution >= 0.6 is 0 Å². The molecule has 2 aromatic carbocycles. The van der Waals surface area contributed by atoms with E-state index >= 15 is 0 Å². The first-order chi connectivity index (χ1) is 16.3. The third-order valence-electron chi connectivity index (χ3n) is 5.76. The SMILES string of the molecule is CC=O.CO.C[C@@H](Nc1ccnc2ccc(C3CCN(C)C3)cc12)c1cccc(C(F)F)c1F. The maximum Gasteiger partial charge on any atom is 0.266 e. The number of nitrogens with zero attached hydrogens (tertiary/aromatic N) is 2. The summed E-state index contributed by atoms with van der Waals surface area (Å²) in [5.41, 5.74) is 2.58. The van der Waals surface area contributed by atoms with Gasteiger partial charge in [0, 0.05) is 36.5 Å². The number of hydrogen-bond donors (Lipinski definition) is 2. The van der Waals surface area contributed by atoms with Crippen LogP contribution in [0.25, 0.3) is 10.9 Å². The number of aliphatic hydroxyl groups excluding tert-OH is 1. The Balaban J connectivity index is 0.000000758. The number of rotatable bonds is 5. The Bertz CT molecular complexity index is 1080. The van der Waals surface area contributed by atoms with Crippen molar-refractivity contribution in [2.75, 3.05) is 32.6 Å². The lowest BCUT2D eigenvalue weighted by Gasteiger charge is -2.20. The number of hydrogen-bond acceptors (Lipinski definition) is 5. The molecule has 3 aromatic rings. The van der Waals surface area contributed by atoms with Crippen molar-refractivity contribution in [3.05, 3.63) is 71.2 Å². The van der Waals surface area contributed by atoms with Crippen LogP contribution in [0.5, 0.6) is 0 Å². The Hall–Kier alpha value is -2.97. The molecule has 1 fully saturated rings. The van der Waals surface area contributed by atoms with Gasteiger partial charge in [-0.15, -0.1) is 0 Å². The number of aliphatic hydroxyl groups is 1. The Morgan fingerprint density at radius 2 is 1.85 bits per heavy atom. The average molecular weight is 476 g/mol. The number of carbonyl (C=O) groups excluding carboxylic acids is 1. The normalized spacial score (nSPS) is 16.3. The number of anilines is 1. The molecule has 8 heteroatoms. The van der Waals surface area contributed by atoms with Crippen molar-refractivity contribution >= 4 is 22.9 Å². The first kappa shape index (κ1) is 27.3. The van der Waals surface area contributed by atoms with Crippen LogP contribution in [-0.2, 0) is 4.79 Å². The van der Waals surface area contributed by atoms with Gasteiger partial charge in [0.05, 0.1) is 17.1 Å². The Labute approximate surface area is 198 Å². The van der Waals surface area contributed by atoms with Gasteiger partial charge >= 0.3 is 0 Å². The largest absolute Gasteiger partial charge is 0.400 e. The molecule has 2 N–H and O–H groups in total. The van der Waals surface area contributed by atoms with Gasteiger partial charge in [-0.1, -0.05) is 24.3 Å². The summed E-state index contributed by atoms with van der Waals surface area (Å²) in [5, 5.41) is 11.3. The number of carbonyl (C=O) groups is 1. The zero-order valence-electron chi connectivity index (χ0n) is 19.9. The van der Waals surface area contributed by atoms with E-state index in [0.29, 0.717) is 5.92 Å². The molecule has 0 aliphatic carbocycles. The summed E-state index contributed by atoms with van der Waals surface area (Å²) >= 11 is 0. The van der Waals surface area contributed by atoms with E-state index in [4.69, 9.17) is 9.90 Å². The topological polar surface area (TPSA) is 65.5 Å². The third kappa shape index (κ3) is 6.55. The maximum atomic E-state index is 14.6. The van der Waals surface area contributed by atoms with Crippen molar-refractivity contribution < 1.29 is 23.1 Å². The van der Waals surface area contributed by atoms with Crippen LogP contribution < -0.4 is 5.32 Å². The summed E-state index contributed by atoms with van der Waals surface area (Å²) in [6, 6.07) is 11.8. The standard InChI is InChI=1S/C23H24F3N3.C2H4O.CH4O/c1-14(17-4-3-5-18(22(17)24)23(25)26)28-21-8-10-27-20-7-6-15(12-19(20)21)16-9-11-29(2)13-16;1-2-3;1-2/h3-8,10,12,14,16,23H,9,11,13H2,1-2H3,(H,27,28);2H,1H3;2H,1H3/t14-,16?;;/m1../s1. The molecule has 1 aliphatic rings. The maximum absolute atomic E-state index is 14.6. The van der Waals surface area contributed by atoms with E-state index in [2.05, 4.69) is 34.4 Å². The average Bonchev–Trinajstić information content (AvgIpc) is 3.27. The number of aldehydes is 1. The van der Waals surface area contributed by atoms with Gasteiger partial charge in [-0.2, -0.15) is 0 Å². The predicted octanol–water partition coefficient (Wildman–Crippen LogP) is 5.72. The Kier molecular flexibility index (Phi) is 10.5. The lowest BCUT2D eigenvalue weighted by atomic mass is 9.96. The van der Waals surface area contributed by atoms with E-state index in [0.717, 1.165) is 55.6 Å². The highest BCUT2D eigenvalue weighted by atomic mass is 19.3. The first-order valence-electron chi connectivity index (χ1n) is 11.1. The number of pyridine rings is 1. The van der Waals surface area contributed by atoms with Crippen molar-refractivity contribution in [2.24, 2.45) is 0 Å². The number of halogens is 3. The van der Waals surface area contributed by atoms with Crippen LogP contribution in [0.2, 0.25) is 0 Å². The van der Waals surface area contributed by atoms with Crippen molar-refractivity contribution in [3.63, 3.8) is 0 Å². The number of fused-ring (bicyclic) bond motifs is 1. The van der Waals surface area contributed by atoms with Crippen LogP contribution in [0.15, 0.2) is 48.7 Å². The number of likely N-dealkylation sites (tertiary alicyclic amines) is 1. The van der Waals surface area contributed by atoms with Crippen molar-refractivity contribution in [1.82, 2.24) is 9.88 Å². The molecule has 0 amide bonds. The van der Waals surface area contributed by atoms with Gasteiger partial charge in [0.1, 0.15) is 12.1 Å². The summed E-state index contributed by atoms with van der Waals surface area (Å²) in [6.07, 6.45) is 0.732. The van der Waals surface area contributed by atoms with Gasteiger partial charge in [-0.25, -0.2) is 13.2 Å². The molecule has 0 bridgehead atoms. The van der Waals surface area contributed by atoms with E-state index < -0.39 is 23.8 Å². The van der Waals surface area contributed by atoms with Gasteiger partial charge in [0.15, 0.2) is 0 Å². The predicted molar refractivity (Wildman–Crippen MR) is 130 cm³/mol. The summed E-state index contributed by atoms with van der Waals surface area (Å²) < 4.78 is 40.7. The molecule has 1 aromatic heterocycles. The van der Waals surface area contributed by atoms with Gasteiger partial charge in [0.25, 0.3) is 6.43 Å². The van der Waals surface area contributed by atoms with Crippen molar-refractivity contribution in [1.29, 1.82) is 0 Å². The molecule has 1 unspecified atom stereocenters. The van der Waals surface area contributed by atoms with Gasteiger partial charge < -0.3 is 20.1 Å². The molecule has 4 rings (SSSR count). The fraction of sp³-hybridized carbons (Fsp3) is 0.385. The minimum absolute atomic E-state index is 0.223. The molecular weight excluding hydrogens is 443 g/mol. The number of benzene rings is 2. The number of likely N-dealkylation sites (N-methyl/N-ethyl adjacent to an activating group) is 1. The molecular formula is C26H32F3N3O2. The van der Waals surface area contributed by atoms with Gasteiger partial charge in [-0.05, 0) is 63.5 Å². The quantitative estimate of drug-likeness (QED) is 0.462. The summed E-state index contributed by atoms with van der Waals surface area (Å²) in [5.74, 6) is -0.370. The van der Waals surface area contributed by atoms with E-state index in [1.165, 1.54) is 18.6 Å². The fourth-order valence-corrected chi connectivity index (χ4v) is 4.13. The highest BCUT2D eigenvalue weighted by Gasteiger charge is 2.22. The first-order valence-corrected chi connectivity index (χ1v) is 11.1. The minimum Gasteiger partial charge on any atom is -0.400 e. The molecule has 0 radical (unpaired) electrons. The number of alkyl halides is 2. The molecule has 0 spiro atoms. The molecule has 1 aliphatic heterocycles. The molecule has 1 saturated heterocycles. The van der Waals surface area contributed by atoms with Gasteiger partial charge in [0.2, 0.25) is 0 Å². The molecule has 5 nitrogen and oxygen atoms in total. The van der Waals surface area contributed by atoms with E-state index in [-0.39, 0.29) is 5.56 Å². The van der Waals surface area contributed by atoms with E-state index in [1.807, 2.05) is 12.1 Å². The van der Waals surface area contributed by atoms with E-state index in [1.54, 1.807) is 19.2 Å². The molecule has 2 heterocycles. The fourth-order valence-electron chi connectivity index (χ4n) is 4.13. The minimum atomic E-state index is -2.84. The van der Waals surface area contributed by atoms with Crippen LogP contribution in [0.3, 0.4) is 0 Å². The highest BCUT2D eigenvalue weighted by Crippen LogP contribution is 2.33. The van der Waals surface area contributed by atoms with E-state index in [9.17, 15) is 13.2 Å². The smallest absolute Gasteiger partial charge is 0.266 e. The third-order valence-corrected chi connectivity index (χ3v) is 5.76. The number of nitrogens with one attached hydrogen (secondary N) is 1. The van der Waals surface area contributed by atoms with Crippen LogP contribution in [0.1, 0.15) is 55.3 Å². The Morgan fingerprint density at radius 1 is 1.18 bits per heavy atom. The molecule has 2 atom stereocenters. The highest BCUT2D eigenvalue weighted by molar-refractivity contribution is 5.91. The van der Waals surface area contributed by atoms with Crippen LogP contribution in [0.4, 0.5) is 18.9 Å². The van der Waals surface area contributed by atoms with Crippen LogP contribution in [0, 0.1) is 5.82 Å². The second-order valence-electron chi connectivity index (χ2n) is 8.04. The zero-order chi connectivity index (χ0) is 25.3. The summed E-state index contributed by atoms with van der Waals surface area (Å²) in [4.78, 5) is 15.6. The van der Waals surface area contributed by atoms with Gasteiger partial charge in [-0.3, -0.25) is 4.98 Å². The molecule has 0 saturated carbocycles. The van der Waals surface area contributed by atoms with Crippen LogP contribution in [-0.4, -0.2) is 48.5 Å². The molecule has 34 heavy (non-hydrogen) atoms. The second-order valence-corrected chi connectivity index (χ2v) is 8.04. The summed E-state index contributed by atoms with van der Waals surface area (Å²) in [7, 11) is 3.12. The van der Waals surface area contributed by atoms with Crippen molar-refractivity contribution in [3.8, 4) is 0 Å². The summed E-state index contributed by atoms with van der Waals surface area (Å²) in [6.45, 7) is 5.32. The molecule has 184 valence electrons. The Morgan fingerprint density at radius 3 is 2.47 bits per heavy atom. The number of aromatic nitrogens is 1. The lowest BCUT2D eigenvalue weighted by molar-refractivity contribution is -0.106. The lowest BCUT2D eigenvalue weighted by Crippen LogP contribution is -2.13. The zero-order valence-corrected chi connectivity index (χ0v) is 19.9.